The topological polar surface area (TPSA) is 23.8 Å². The predicted molar refractivity (Wildman–Crippen MR) is 102 cm³/mol. The van der Waals surface area contributed by atoms with Crippen LogP contribution in [0, 0.1) is 11.3 Å². The monoisotopic (exact) mass is 387 g/mol. The molecule has 0 atom stereocenters. The van der Waals surface area contributed by atoms with E-state index in [0.29, 0.717) is 15.6 Å². The van der Waals surface area contributed by atoms with Crippen molar-refractivity contribution >= 4 is 46.7 Å². The van der Waals surface area contributed by atoms with Crippen molar-refractivity contribution in [1.29, 1.82) is 5.26 Å². The molecule has 0 amide bonds. The molecule has 0 spiro atoms. The van der Waals surface area contributed by atoms with Crippen molar-refractivity contribution in [2.75, 3.05) is 0 Å². The number of nitriles is 1. The van der Waals surface area contributed by atoms with E-state index in [1.54, 1.807) is 23.5 Å². The highest BCUT2D eigenvalue weighted by molar-refractivity contribution is 8.00. The third kappa shape index (κ3) is 4.28. The van der Waals surface area contributed by atoms with E-state index in [4.69, 9.17) is 23.2 Å². The molecular formula is C19H11Cl2NS2. The molecule has 0 aliphatic heterocycles. The summed E-state index contributed by atoms with van der Waals surface area (Å²) in [5.74, 6) is 0. The van der Waals surface area contributed by atoms with Crippen molar-refractivity contribution in [2.24, 2.45) is 0 Å². The van der Waals surface area contributed by atoms with Gasteiger partial charge in [0.2, 0.25) is 0 Å². The van der Waals surface area contributed by atoms with Gasteiger partial charge in [0.25, 0.3) is 0 Å². The minimum atomic E-state index is 0.678. The highest BCUT2D eigenvalue weighted by Crippen LogP contribution is 2.38. The standard InChI is InChI=1S/C19H11Cl2NS2/c20-13-4-8-15(9-5-13)23-18-2-1-3-19(17(18)12-22)24-16-10-6-14(21)7-11-16/h1-11H. The lowest BCUT2D eigenvalue weighted by atomic mass is 10.2. The van der Waals surface area contributed by atoms with Gasteiger partial charge in [0, 0.05) is 29.6 Å². The fraction of sp³-hybridized carbons (Fsp3) is 0. The number of hydrogen-bond acceptors (Lipinski definition) is 3. The fourth-order valence-corrected chi connectivity index (χ4v) is 4.23. The van der Waals surface area contributed by atoms with E-state index in [2.05, 4.69) is 6.07 Å². The second-order valence-electron chi connectivity index (χ2n) is 4.85. The van der Waals surface area contributed by atoms with Crippen LogP contribution in [0.2, 0.25) is 10.0 Å². The quantitative estimate of drug-likeness (QED) is 0.473. The number of nitrogens with zero attached hydrogens (tertiary/aromatic N) is 1. The minimum absolute atomic E-state index is 0.678. The Balaban J connectivity index is 1.89. The molecule has 3 aromatic carbocycles. The Morgan fingerprint density at radius 3 is 1.46 bits per heavy atom. The molecule has 24 heavy (non-hydrogen) atoms. The molecule has 0 radical (unpaired) electrons. The van der Waals surface area contributed by atoms with E-state index >= 15 is 0 Å². The summed E-state index contributed by atoms with van der Waals surface area (Å²) in [7, 11) is 0. The van der Waals surface area contributed by atoms with E-state index in [0.717, 1.165) is 19.6 Å². The average molecular weight is 388 g/mol. The van der Waals surface area contributed by atoms with Crippen molar-refractivity contribution in [3.05, 3.63) is 82.3 Å². The first kappa shape index (κ1) is 17.3. The van der Waals surface area contributed by atoms with Crippen LogP contribution in [0.4, 0.5) is 0 Å². The van der Waals surface area contributed by atoms with Gasteiger partial charge in [-0.15, -0.1) is 0 Å². The Kier molecular flexibility index (Phi) is 5.76. The minimum Gasteiger partial charge on any atom is -0.192 e. The Bertz CT molecular complexity index is 819. The van der Waals surface area contributed by atoms with Crippen LogP contribution in [0.25, 0.3) is 0 Å². The first-order chi connectivity index (χ1) is 11.7. The second-order valence-corrected chi connectivity index (χ2v) is 7.96. The van der Waals surface area contributed by atoms with Crippen LogP contribution >= 0.6 is 46.7 Å². The molecule has 0 aliphatic carbocycles. The zero-order valence-electron chi connectivity index (χ0n) is 12.4. The maximum Gasteiger partial charge on any atom is 0.102 e. The van der Waals surface area contributed by atoms with Crippen molar-refractivity contribution in [3.8, 4) is 6.07 Å². The van der Waals surface area contributed by atoms with Gasteiger partial charge in [0.15, 0.2) is 0 Å². The van der Waals surface area contributed by atoms with Gasteiger partial charge in [0.1, 0.15) is 6.07 Å². The fourth-order valence-electron chi connectivity index (χ4n) is 2.05. The molecule has 0 aromatic heterocycles. The Labute approximate surface area is 159 Å². The van der Waals surface area contributed by atoms with E-state index in [-0.39, 0.29) is 0 Å². The molecule has 0 unspecified atom stereocenters. The molecule has 0 heterocycles. The van der Waals surface area contributed by atoms with Crippen LogP contribution in [0.1, 0.15) is 5.56 Å². The van der Waals surface area contributed by atoms with Crippen LogP contribution in [-0.4, -0.2) is 0 Å². The van der Waals surface area contributed by atoms with E-state index in [1.807, 2.05) is 66.7 Å². The predicted octanol–water partition coefficient (Wildman–Crippen LogP) is 7.17. The summed E-state index contributed by atoms with van der Waals surface area (Å²) >= 11 is 15.0. The summed E-state index contributed by atoms with van der Waals surface area (Å²) in [6.45, 7) is 0. The summed E-state index contributed by atoms with van der Waals surface area (Å²) in [4.78, 5) is 3.95. The van der Waals surface area contributed by atoms with Gasteiger partial charge < -0.3 is 0 Å². The molecule has 3 aromatic rings. The maximum atomic E-state index is 9.62. The lowest BCUT2D eigenvalue weighted by Gasteiger charge is -2.09. The molecule has 0 bridgehead atoms. The Morgan fingerprint density at radius 2 is 1.08 bits per heavy atom. The number of benzene rings is 3. The smallest absolute Gasteiger partial charge is 0.102 e. The lowest BCUT2D eigenvalue weighted by Crippen LogP contribution is -1.86. The molecule has 118 valence electrons. The van der Waals surface area contributed by atoms with Crippen LogP contribution in [0.15, 0.2) is 86.3 Å². The molecule has 5 heteroatoms. The molecule has 1 nitrogen and oxygen atoms in total. The van der Waals surface area contributed by atoms with Gasteiger partial charge in [0.05, 0.1) is 5.56 Å². The summed E-state index contributed by atoms with van der Waals surface area (Å²) in [6.07, 6.45) is 0. The van der Waals surface area contributed by atoms with Gasteiger partial charge in [-0.2, -0.15) is 5.26 Å². The van der Waals surface area contributed by atoms with Gasteiger partial charge in [-0.05, 0) is 60.7 Å². The molecule has 0 aliphatic rings. The molecule has 0 saturated carbocycles. The largest absolute Gasteiger partial charge is 0.192 e. The maximum absolute atomic E-state index is 9.62. The lowest BCUT2D eigenvalue weighted by molar-refractivity contribution is 1.25. The van der Waals surface area contributed by atoms with Crippen molar-refractivity contribution < 1.29 is 0 Å². The number of halogens is 2. The van der Waals surface area contributed by atoms with Gasteiger partial charge in [-0.3, -0.25) is 0 Å². The normalized spacial score (nSPS) is 10.4. The number of hydrogen-bond donors (Lipinski definition) is 0. The first-order valence-corrected chi connectivity index (χ1v) is 9.44. The summed E-state index contributed by atoms with van der Waals surface area (Å²) in [5.41, 5.74) is 0.678. The Morgan fingerprint density at radius 1 is 0.667 bits per heavy atom. The summed E-state index contributed by atoms with van der Waals surface area (Å²) in [5, 5.41) is 11.0. The van der Waals surface area contributed by atoms with Gasteiger partial charge >= 0.3 is 0 Å². The molecule has 0 saturated heterocycles. The zero-order valence-corrected chi connectivity index (χ0v) is 15.5. The van der Waals surface area contributed by atoms with Gasteiger partial charge in [-0.25, -0.2) is 0 Å². The van der Waals surface area contributed by atoms with Crippen molar-refractivity contribution in [1.82, 2.24) is 0 Å². The van der Waals surface area contributed by atoms with Crippen LogP contribution in [-0.2, 0) is 0 Å². The van der Waals surface area contributed by atoms with E-state index < -0.39 is 0 Å². The third-order valence-electron chi connectivity index (χ3n) is 3.18. The van der Waals surface area contributed by atoms with Gasteiger partial charge in [-0.1, -0.05) is 52.8 Å². The average Bonchev–Trinajstić information content (AvgIpc) is 2.59. The second kappa shape index (κ2) is 8.00. The number of rotatable bonds is 4. The first-order valence-electron chi connectivity index (χ1n) is 7.05. The van der Waals surface area contributed by atoms with Crippen LogP contribution in [0.3, 0.4) is 0 Å². The highest BCUT2D eigenvalue weighted by atomic mass is 35.5. The van der Waals surface area contributed by atoms with Crippen LogP contribution < -0.4 is 0 Å². The molecule has 0 N–H and O–H groups in total. The molecular weight excluding hydrogens is 377 g/mol. The third-order valence-corrected chi connectivity index (χ3v) is 5.82. The molecule has 0 fully saturated rings. The SMILES string of the molecule is N#Cc1c(Sc2ccc(Cl)cc2)cccc1Sc1ccc(Cl)cc1. The Hall–Kier alpha value is -1.57. The highest BCUT2D eigenvalue weighted by Gasteiger charge is 2.11. The van der Waals surface area contributed by atoms with E-state index in [1.165, 1.54) is 0 Å². The summed E-state index contributed by atoms with van der Waals surface area (Å²) < 4.78 is 0. The van der Waals surface area contributed by atoms with Crippen molar-refractivity contribution in [3.63, 3.8) is 0 Å². The zero-order chi connectivity index (χ0) is 16.9. The summed E-state index contributed by atoms with van der Waals surface area (Å²) in [6, 6.07) is 23.4. The van der Waals surface area contributed by atoms with Crippen LogP contribution in [0.5, 0.6) is 0 Å². The van der Waals surface area contributed by atoms with Crippen molar-refractivity contribution in [2.45, 2.75) is 19.6 Å². The van der Waals surface area contributed by atoms with E-state index in [9.17, 15) is 5.26 Å². The molecule has 3 rings (SSSR count).